The van der Waals surface area contributed by atoms with Gasteiger partial charge in [-0.3, -0.25) is 10.1 Å². The van der Waals surface area contributed by atoms with Crippen molar-refractivity contribution in [2.75, 3.05) is 17.2 Å². The molecule has 1 aliphatic carbocycles. The summed E-state index contributed by atoms with van der Waals surface area (Å²) in [6.45, 7) is 7.61. The molecule has 204 valence electrons. The van der Waals surface area contributed by atoms with Crippen LogP contribution in [-0.4, -0.2) is 35.1 Å². The maximum Gasteiger partial charge on any atom is 0.415 e. The molecule has 8 nitrogen and oxygen atoms in total. The number of aryl methyl sites for hydroxylation is 1. The molecular weight excluding hydrogens is 501 g/mol. The van der Waals surface area contributed by atoms with E-state index in [1.54, 1.807) is 56.0 Å². The van der Waals surface area contributed by atoms with Crippen molar-refractivity contribution in [1.29, 1.82) is 0 Å². The zero-order valence-electron chi connectivity index (χ0n) is 22.4. The average Bonchev–Trinajstić information content (AvgIpc) is 3.29. The van der Waals surface area contributed by atoms with Gasteiger partial charge in [-0.15, -0.1) is 0 Å². The van der Waals surface area contributed by atoms with Gasteiger partial charge in [0.1, 0.15) is 17.2 Å². The van der Waals surface area contributed by atoms with Gasteiger partial charge in [-0.2, -0.15) is 0 Å². The summed E-state index contributed by atoms with van der Waals surface area (Å²) >= 11 is 0. The highest BCUT2D eigenvalue weighted by atomic mass is 19.1. The molecule has 0 aromatic heterocycles. The van der Waals surface area contributed by atoms with Gasteiger partial charge in [-0.25, -0.2) is 14.0 Å². The summed E-state index contributed by atoms with van der Waals surface area (Å²) in [7, 11) is 0. The molecule has 0 radical (unpaired) electrons. The topological polar surface area (TPSA) is 97.0 Å². The van der Waals surface area contributed by atoms with Crippen molar-refractivity contribution in [3.05, 3.63) is 89.2 Å². The molecule has 0 fully saturated rings. The van der Waals surface area contributed by atoms with E-state index in [0.717, 1.165) is 11.1 Å². The predicted molar refractivity (Wildman–Crippen MR) is 147 cm³/mol. The Morgan fingerprint density at radius 1 is 0.974 bits per heavy atom. The van der Waals surface area contributed by atoms with E-state index in [-0.39, 0.29) is 17.7 Å². The molecule has 1 aliphatic rings. The first-order chi connectivity index (χ1) is 18.5. The van der Waals surface area contributed by atoms with Crippen molar-refractivity contribution < 1.29 is 28.2 Å². The summed E-state index contributed by atoms with van der Waals surface area (Å²) in [6.07, 6.45) is 0.247. The summed E-state index contributed by atoms with van der Waals surface area (Å²) in [5.74, 6) is -0.469. The van der Waals surface area contributed by atoms with Crippen LogP contribution in [0.25, 0.3) is 0 Å². The van der Waals surface area contributed by atoms with Gasteiger partial charge < -0.3 is 19.7 Å². The first-order valence-corrected chi connectivity index (χ1v) is 12.8. The van der Waals surface area contributed by atoms with Crippen LogP contribution in [0.2, 0.25) is 0 Å². The fourth-order valence-electron chi connectivity index (χ4n) is 4.51. The fraction of sp³-hybridized carbons (Fsp3) is 0.300. The third-order valence-corrected chi connectivity index (χ3v) is 6.23. The van der Waals surface area contributed by atoms with E-state index < -0.39 is 23.6 Å². The Balaban J connectivity index is 1.46. The molecule has 0 saturated heterocycles. The summed E-state index contributed by atoms with van der Waals surface area (Å²) in [5.41, 5.74) is 2.58. The van der Waals surface area contributed by atoms with Gasteiger partial charge in [0.05, 0.1) is 17.4 Å². The standard InChI is InChI=1S/C30H32FN3O5/c1-5-34(29(37)38-22-14-12-21(31)13-15-22)26-17-11-19-18-20(10-16-23(19)26)27(35)32-24-8-6-7-9-25(24)33-28(36)39-30(2,3)4/h6-10,12-16,18,26H,5,11,17H2,1-4H3,(H,32,35)(H,33,36). The number of anilines is 2. The van der Waals surface area contributed by atoms with Crippen molar-refractivity contribution >= 4 is 29.5 Å². The third kappa shape index (κ3) is 6.93. The lowest BCUT2D eigenvalue weighted by atomic mass is 10.0. The van der Waals surface area contributed by atoms with Gasteiger partial charge in [0, 0.05) is 12.1 Å². The molecule has 0 bridgehead atoms. The van der Waals surface area contributed by atoms with Crippen molar-refractivity contribution in [3.63, 3.8) is 0 Å². The maximum atomic E-state index is 13.2. The van der Waals surface area contributed by atoms with E-state index in [0.29, 0.717) is 36.3 Å². The summed E-state index contributed by atoms with van der Waals surface area (Å²) in [5, 5.41) is 5.54. The molecule has 3 aromatic rings. The number of ether oxygens (including phenoxy) is 2. The lowest BCUT2D eigenvalue weighted by molar-refractivity contribution is 0.0635. The number of hydrogen-bond acceptors (Lipinski definition) is 5. The molecule has 9 heteroatoms. The van der Waals surface area contributed by atoms with Crippen LogP contribution < -0.4 is 15.4 Å². The largest absolute Gasteiger partial charge is 0.444 e. The number of nitrogens with zero attached hydrogens (tertiary/aromatic N) is 1. The maximum absolute atomic E-state index is 13.2. The van der Waals surface area contributed by atoms with E-state index in [9.17, 15) is 18.8 Å². The third-order valence-electron chi connectivity index (χ3n) is 6.23. The smallest absolute Gasteiger partial charge is 0.415 e. The normalized spacial score (nSPS) is 14.2. The molecule has 2 N–H and O–H groups in total. The van der Waals surface area contributed by atoms with Crippen molar-refractivity contribution in [1.82, 2.24) is 4.90 Å². The van der Waals surface area contributed by atoms with Gasteiger partial charge in [-0.1, -0.05) is 18.2 Å². The van der Waals surface area contributed by atoms with Crippen LogP contribution >= 0.6 is 0 Å². The minimum atomic E-state index is -0.657. The Kier molecular flexibility index (Phi) is 8.18. The Labute approximate surface area is 227 Å². The molecule has 0 saturated carbocycles. The number of hydrogen-bond donors (Lipinski definition) is 2. The van der Waals surface area contributed by atoms with E-state index in [1.165, 1.54) is 24.3 Å². The van der Waals surface area contributed by atoms with Crippen LogP contribution in [0.3, 0.4) is 0 Å². The van der Waals surface area contributed by atoms with E-state index >= 15 is 0 Å². The minimum Gasteiger partial charge on any atom is -0.444 e. The number of carbonyl (C=O) groups excluding carboxylic acids is 3. The highest BCUT2D eigenvalue weighted by Crippen LogP contribution is 2.37. The number of rotatable bonds is 6. The lowest BCUT2D eigenvalue weighted by Gasteiger charge is -2.27. The first-order valence-electron chi connectivity index (χ1n) is 12.8. The number of fused-ring (bicyclic) bond motifs is 1. The predicted octanol–water partition coefficient (Wildman–Crippen LogP) is 6.93. The summed E-state index contributed by atoms with van der Waals surface area (Å²) in [4.78, 5) is 39.9. The minimum absolute atomic E-state index is 0.200. The van der Waals surface area contributed by atoms with E-state index in [1.807, 2.05) is 19.1 Å². The van der Waals surface area contributed by atoms with Gasteiger partial charge in [-0.05, 0) is 100 Å². The first kappa shape index (κ1) is 27.6. The van der Waals surface area contributed by atoms with Gasteiger partial charge in [0.25, 0.3) is 5.91 Å². The second kappa shape index (κ2) is 11.6. The van der Waals surface area contributed by atoms with Crippen molar-refractivity contribution in [3.8, 4) is 5.75 Å². The molecule has 3 amide bonds. The Morgan fingerprint density at radius 2 is 1.64 bits per heavy atom. The molecule has 1 unspecified atom stereocenters. The van der Waals surface area contributed by atoms with Crippen LogP contribution in [0.1, 0.15) is 61.6 Å². The monoisotopic (exact) mass is 533 g/mol. The number of benzene rings is 3. The second-order valence-corrected chi connectivity index (χ2v) is 10.2. The molecule has 0 heterocycles. The highest BCUT2D eigenvalue weighted by Gasteiger charge is 2.32. The molecule has 4 rings (SSSR count). The lowest BCUT2D eigenvalue weighted by Crippen LogP contribution is -2.36. The number of nitrogens with one attached hydrogen (secondary N) is 2. The molecule has 1 atom stereocenters. The SMILES string of the molecule is CCN(C(=O)Oc1ccc(F)cc1)C1CCc2cc(C(=O)Nc3ccccc3NC(=O)OC(C)(C)C)ccc21. The quantitative estimate of drug-likeness (QED) is 0.358. The Bertz CT molecular complexity index is 1370. The van der Waals surface area contributed by atoms with Gasteiger partial charge in [0.15, 0.2) is 0 Å². The highest BCUT2D eigenvalue weighted by molar-refractivity contribution is 6.07. The number of carbonyl (C=O) groups is 3. The Hall–Kier alpha value is -4.40. The van der Waals surface area contributed by atoms with Crippen LogP contribution in [-0.2, 0) is 11.2 Å². The molecule has 0 aliphatic heterocycles. The second-order valence-electron chi connectivity index (χ2n) is 10.2. The average molecular weight is 534 g/mol. The molecular formula is C30H32FN3O5. The fourth-order valence-corrected chi connectivity index (χ4v) is 4.51. The van der Waals surface area contributed by atoms with Crippen LogP contribution in [0, 0.1) is 5.82 Å². The van der Waals surface area contributed by atoms with E-state index in [2.05, 4.69) is 10.6 Å². The zero-order chi connectivity index (χ0) is 28.2. The van der Waals surface area contributed by atoms with E-state index in [4.69, 9.17) is 9.47 Å². The van der Waals surface area contributed by atoms with Crippen molar-refractivity contribution in [2.24, 2.45) is 0 Å². The zero-order valence-corrected chi connectivity index (χ0v) is 22.4. The van der Waals surface area contributed by atoms with Gasteiger partial charge in [0.2, 0.25) is 0 Å². The van der Waals surface area contributed by atoms with Gasteiger partial charge >= 0.3 is 12.2 Å². The van der Waals surface area contributed by atoms with Crippen LogP contribution in [0.5, 0.6) is 5.75 Å². The summed E-state index contributed by atoms with van der Waals surface area (Å²) in [6, 6.07) is 17.4. The number of amides is 3. The Morgan fingerprint density at radius 3 is 2.28 bits per heavy atom. The molecule has 3 aromatic carbocycles. The number of halogens is 1. The van der Waals surface area contributed by atoms with Crippen LogP contribution in [0.4, 0.5) is 25.4 Å². The molecule has 0 spiro atoms. The van der Waals surface area contributed by atoms with Crippen LogP contribution in [0.15, 0.2) is 66.7 Å². The molecule has 39 heavy (non-hydrogen) atoms. The number of para-hydroxylation sites is 2. The summed E-state index contributed by atoms with van der Waals surface area (Å²) < 4.78 is 24.0. The van der Waals surface area contributed by atoms with Crippen molar-refractivity contribution in [2.45, 2.75) is 52.2 Å².